The van der Waals surface area contributed by atoms with Gasteiger partial charge in [-0.2, -0.15) is 0 Å². The maximum absolute atomic E-state index is 6.24. The highest BCUT2D eigenvalue weighted by Crippen LogP contribution is 2.50. The summed E-state index contributed by atoms with van der Waals surface area (Å²) in [6, 6.07) is 54.6. The molecule has 3 aromatic heterocycles. The number of benzene rings is 7. The zero-order valence-electron chi connectivity index (χ0n) is 24.6. The number of anilines is 3. The molecule has 10 rings (SSSR count). The van der Waals surface area contributed by atoms with Crippen LogP contribution < -0.4 is 4.90 Å². The lowest BCUT2D eigenvalue weighted by Crippen LogP contribution is -2.10. The average molecular weight is 624 g/mol. The molecular formula is C42H25NOS2. The molecule has 4 heteroatoms. The first-order valence-electron chi connectivity index (χ1n) is 15.4. The monoisotopic (exact) mass is 623 g/mol. The topological polar surface area (TPSA) is 16.4 Å². The van der Waals surface area contributed by atoms with Crippen molar-refractivity contribution >= 4 is 102 Å². The number of para-hydroxylation sites is 1. The highest BCUT2D eigenvalue weighted by atomic mass is 32.1. The zero-order chi connectivity index (χ0) is 30.2. The Bertz CT molecular complexity index is 2750. The van der Waals surface area contributed by atoms with E-state index in [1.807, 2.05) is 34.8 Å². The summed E-state index contributed by atoms with van der Waals surface area (Å²) in [5.41, 5.74) is 7.61. The standard InChI is InChI=1S/C42H25NOS2/c1-2-9-26(10-3-1)27-17-19-28(20-18-27)43(29-21-23-36-33(25-29)30-11-4-6-14-35(30)44-36)34-13-8-16-38-40(34)41-39(45-38)24-22-32-31-12-5-7-15-37(31)46-42(32)41/h1-25H. The molecule has 0 aliphatic heterocycles. The molecule has 10 aromatic rings. The Morgan fingerprint density at radius 3 is 2.00 bits per heavy atom. The van der Waals surface area contributed by atoms with Crippen molar-refractivity contribution in [1.82, 2.24) is 0 Å². The summed E-state index contributed by atoms with van der Waals surface area (Å²) in [5, 5.41) is 7.54. The summed E-state index contributed by atoms with van der Waals surface area (Å²) >= 11 is 3.78. The molecule has 0 N–H and O–H groups in total. The number of hydrogen-bond acceptors (Lipinski definition) is 4. The van der Waals surface area contributed by atoms with Gasteiger partial charge in [-0.05, 0) is 71.8 Å². The number of thiophene rings is 2. The molecule has 216 valence electrons. The van der Waals surface area contributed by atoms with Gasteiger partial charge in [0, 0.05) is 62.5 Å². The molecule has 0 amide bonds. The summed E-state index contributed by atoms with van der Waals surface area (Å²) < 4.78 is 11.5. The van der Waals surface area contributed by atoms with E-state index in [-0.39, 0.29) is 0 Å². The molecule has 0 spiro atoms. The lowest BCUT2D eigenvalue weighted by molar-refractivity contribution is 0.669. The van der Waals surface area contributed by atoms with Gasteiger partial charge in [0.25, 0.3) is 0 Å². The average Bonchev–Trinajstić information content (AvgIpc) is 3.80. The zero-order valence-corrected chi connectivity index (χ0v) is 26.2. The molecule has 0 radical (unpaired) electrons. The van der Waals surface area contributed by atoms with Crippen molar-refractivity contribution in [1.29, 1.82) is 0 Å². The summed E-state index contributed by atoms with van der Waals surface area (Å²) in [7, 11) is 0. The van der Waals surface area contributed by atoms with E-state index in [2.05, 4.69) is 144 Å². The SMILES string of the molecule is c1ccc(-c2ccc(N(c3ccc4oc5ccccc5c4c3)c3cccc4sc5ccc6c7ccccc7sc6c5c34)cc2)cc1. The molecule has 46 heavy (non-hydrogen) atoms. The van der Waals surface area contributed by atoms with Crippen LogP contribution in [0.4, 0.5) is 17.1 Å². The molecule has 0 aliphatic carbocycles. The van der Waals surface area contributed by atoms with Crippen molar-refractivity contribution in [2.45, 2.75) is 0 Å². The van der Waals surface area contributed by atoms with Crippen molar-refractivity contribution in [2.24, 2.45) is 0 Å². The predicted octanol–water partition coefficient (Wildman–Crippen LogP) is 13.5. The Hall–Kier alpha value is -5.42. The lowest BCUT2D eigenvalue weighted by Gasteiger charge is -2.27. The van der Waals surface area contributed by atoms with Crippen molar-refractivity contribution < 1.29 is 4.42 Å². The molecule has 7 aromatic carbocycles. The number of rotatable bonds is 4. The third-order valence-electron chi connectivity index (χ3n) is 9.07. The van der Waals surface area contributed by atoms with E-state index in [0.29, 0.717) is 0 Å². The molecular weight excluding hydrogens is 599 g/mol. The molecule has 0 unspecified atom stereocenters. The van der Waals surface area contributed by atoms with Gasteiger partial charge in [0.15, 0.2) is 0 Å². The first-order chi connectivity index (χ1) is 22.8. The van der Waals surface area contributed by atoms with Crippen LogP contribution in [0.25, 0.3) is 73.4 Å². The van der Waals surface area contributed by atoms with Gasteiger partial charge in [0.2, 0.25) is 0 Å². The van der Waals surface area contributed by atoms with Gasteiger partial charge in [-0.3, -0.25) is 0 Å². The van der Waals surface area contributed by atoms with Gasteiger partial charge in [0.05, 0.1) is 5.69 Å². The van der Waals surface area contributed by atoms with E-state index >= 15 is 0 Å². The van der Waals surface area contributed by atoms with Crippen LogP contribution >= 0.6 is 22.7 Å². The van der Waals surface area contributed by atoms with Crippen molar-refractivity contribution in [3.63, 3.8) is 0 Å². The largest absolute Gasteiger partial charge is 0.456 e. The maximum Gasteiger partial charge on any atom is 0.135 e. The Morgan fingerprint density at radius 2 is 1.11 bits per heavy atom. The van der Waals surface area contributed by atoms with Gasteiger partial charge in [-0.1, -0.05) is 91.0 Å². The van der Waals surface area contributed by atoms with Crippen LogP contribution in [0.5, 0.6) is 0 Å². The molecule has 0 aliphatic rings. The van der Waals surface area contributed by atoms with E-state index in [1.165, 1.54) is 57.2 Å². The molecule has 2 nitrogen and oxygen atoms in total. The summed E-state index contributed by atoms with van der Waals surface area (Å²) in [6.45, 7) is 0. The highest BCUT2D eigenvalue weighted by Gasteiger charge is 2.22. The Balaban J connectivity index is 1.27. The fourth-order valence-electron chi connectivity index (χ4n) is 6.97. The second-order valence-electron chi connectivity index (χ2n) is 11.7. The minimum absolute atomic E-state index is 0.899. The quantitative estimate of drug-likeness (QED) is 0.194. The second-order valence-corrected chi connectivity index (χ2v) is 13.8. The fraction of sp³-hybridized carbons (Fsp3) is 0. The van der Waals surface area contributed by atoms with Crippen LogP contribution in [-0.4, -0.2) is 0 Å². The van der Waals surface area contributed by atoms with Gasteiger partial charge in [0.1, 0.15) is 11.2 Å². The third kappa shape index (κ3) is 3.87. The number of hydrogen-bond donors (Lipinski definition) is 0. The molecule has 0 saturated carbocycles. The van der Waals surface area contributed by atoms with Gasteiger partial charge in [-0.15, -0.1) is 22.7 Å². The Morgan fingerprint density at radius 1 is 0.413 bits per heavy atom. The van der Waals surface area contributed by atoms with E-state index < -0.39 is 0 Å². The van der Waals surface area contributed by atoms with Crippen LogP contribution in [0.1, 0.15) is 0 Å². The van der Waals surface area contributed by atoms with E-state index in [1.54, 1.807) is 0 Å². The molecule has 0 fully saturated rings. The predicted molar refractivity (Wildman–Crippen MR) is 200 cm³/mol. The molecule has 0 saturated heterocycles. The van der Waals surface area contributed by atoms with E-state index in [4.69, 9.17) is 4.42 Å². The summed E-state index contributed by atoms with van der Waals surface area (Å²) in [6.07, 6.45) is 0. The van der Waals surface area contributed by atoms with Gasteiger partial charge >= 0.3 is 0 Å². The highest BCUT2D eigenvalue weighted by molar-refractivity contribution is 7.29. The maximum atomic E-state index is 6.24. The number of nitrogens with zero attached hydrogens (tertiary/aromatic N) is 1. The van der Waals surface area contributed by atoms with Crippen LogP contribution in [0.3, 0.4) is 0 Å². The molecule has 0 bridgehead atoms. The fourth-order valence-corrected chi connectivity index (χ4v) is 9.42. The minimum atomic E-state index is 0.899. The smallest absolute Gasteiger partial charge is 0.135 e. The van der Waals surface area contributed by atoms with Crippen LogP contribution in [0.2, 0.25) is 0 Å². The van der Waals surface area contributed by atoms with E-state index in [0.717, 1.165) is 33.3 Å². The lowest BCUT2D eigenvalue weighted by atomic mass is 10.0. The van der Waals surface area contributed by atoms with Gasteiger partial charge in [-0.25, -0.2) is 0 Å². The third-order valence-corrected chi connectivity index (χ3v) is 11.4. The van der Waals surface area contributed by atoms with Crippen LogP contribution in [0.15, 0.2) is 156 Å². The number of furan rings is 1. The second kappa shape index (κ2) is 10.0. The van der Waals surface area contributed by atoms with Crippen molar-refractivity contribution in [3.8, 4) is 11.1 Å². The normalized spacial score (nSPS) is 11.9. The van der Waals surface area contributed by atoms with Gasteiger partial charge < -0.3 is 9.32 Å². The summed E-state index contributed by atoms with van der Waals surface area (Å²) in [5.74, 6) is 0. The first-order valence-corrected chi connectivity index (χ1v) is 17.1. The summed E-state index contributed by atoms with van der Waals surface area (Å²) in [4.78, 5) is 2.43. The Labute approximate surface area is 273 Å². The van der Waals surface area contributed by atoms with Crippen LogP contribution in [-0.2, 0) is 0 Å². The molecule has 0 atom stereocenters. The van der Waals surface area contributed by atoms with Crippen molar-refractivity contribution in [2.75, 3.05) is 4.90 Å². The molecule has 3 heterocycles. The van der Waals surface area contributed by atoms with Crippen molar-refractivity contribution in [3.05, 3.63) is 152 Å². The first kappa shape index (κ1) is 25.9. The Kier molecular flexibility index (Phi) is 5.65. The van der Waals surface area contributed by atoms with Crippen LogP contribution in [0, 0.1) is 0 Å². The number of fused-ring (bicyclic) bond motifs is 10. The van der Waals surface area contributed by atoms with E-state index in [9.17, 15) is 0 Å². The minimum Gasteiger partial charge on any atom is -0.456 e.